The van der Waals surface area contributed by atoms with Gasteiger partial charge in [0.25, 0.3) is 5.91 Å². The first-order valence-electron chi connectivity index (χ1n) is 12.2. The number of thiazole rings is 1. The van der Waals surface area contributed by atoms with Gasteiger partial charge in [0.2, 0.25) is 5.75 Å². The summed E-state index contributed by atoms with van der Waals surface area (Å²) < 4.78 is 18.9. The van der Waals surface area contributed by atoms with Crippen molar-refractivity contribution >= 4 is 40.4 Å². The van der Waals surface area contributed by atoms with Crippen molar-refractivity contribution in [1.29, 1.82) is 0 Å². The number of anilines is 1. The molecule has 38 heavy (non-hydrogen) atoms. The Morgan fingerprint density at radius 1 is 1.03 bits per heavy atom. The summed E-state index contributed by atoms with van der Waals surface area (Å²) in [6.07, 6.45) is 1.73. The lowest BCUT2D eigenvalue weighted by Crippen LogP contribution is -2.35. The summed E-state index contributed by atoms with van der Waals surface area (Å²) in [6.45, 7) is 8.76. The Hall–Kier alpha value is -3.96. The molecular formula is C27H29N5O4S2. The lowest BCUT2D eigenvalue weighted by atomic mass is 10.1. The normalized spacial score (nSPS) is 10.6. The molecule has 9 nitrogen and oxygen atoms in total. The molecule has 198 valence electrons. The summed E-state index contributed by atoms with van der Waals surface area (Å²) in [6, 6.07) is 12.9. The van der Waals surface area contributed by atoms with Crippen molar-refractivity contribution in [3.8, 4) is 33.5 Å². The molecule has 4 rings (SSSR count). The fourth-order valence-corrected chi connectivity index (χ4v) is 4.70. The van der Waals surface area contributed by atoms with Gasteiger partial charge < -0.3 is 19.5 Å². The molecular weight excluding hydrogens is 522 g/mol. The third-order valence-corrected chi connectivity index (χ3v) is 6.45. The summed E-state index contributed by atoms with van der Waals surface area (Å²) in [5.41, 5.74) is 2.82. The highest BCUT2D eigenvalue weighted by atomic mass is 32.1. The second-order valence-electron chi connectivity index (χ2n) is 7.96. The van der Waals surface area contributed by atoms with Crippen LogP contribution in [-0.2, 0) is 0 Å². The minimum Gasteiger partial charge on any atom is -0.490 e. The highest BCUT2D eigenvalue weighted by Crippen LogP contribution is 2.39. The lowest BCUT2D eigenvalue weighted by Gasteiger charge is -2.17. The van der Waals surface area contributed by atoms with Crippen LogP contribution in [0.15, 0.2) is 54.0 Å². The van der Waals surface area contributed by atoms with Gasteiger partial charge in [0.05, 0.1) is 37.3 Å². The summed E-state index contributed by atoms with van der Waals surface area (Å²) in [5.74, 6) is 1.47. The van der Waals surface area contributed by atoms with E-state index in [9.17, 15) is 4.79 Å². The van der Waals surface area contributed by atoms with Gasteiger partial charge in [-0.3, -0.25) is 10.1 Å². The van der Waals surface area contributed by atoms with Crippen molar-refractivity contribution in [2.45, 2.75) is 27.7 Å². The van der Waals surface area contributed by atoms with Crippen molar-refractivity contribution < 1.29 is 19.0 Å². The Morgan fingerprint density at radius 3 is 2.26 bits per heavy atom. The van der Waals surface area contributed by atoms with E-state index in [1.54, 1.807) is 23.0 Å². The largest absolute Gasteiger partial charge is 0.490 e. The quantitative estimate of drug-likeness (QED) is 0.245. The van der Waals surface area contributed by atoms with E-state index in [1.165, 1.54) is 11.3 Å². The molecule has 0 aliphatic heterocycles. The number of carbonyl (C=O) groups excluding carboxylic acids is 1. The van der Waals surface area contributed by atoms with Crippen LogP contribution < -0.4 is 24.8 Å². The van der Waals surface area contributed by atoms with Crippen LogP contribution in [0, 0.1) is 6.92 Å². The monoisotopic (exact) mass is 551 g/mol. The minimum absolute atomic E-state index is 0.104. The van der Waals surface area contributed by atoms with E-state index < -0.39 is 5.91 Å². The zero-order valence-corrected chi connectivity index (χ0v) is 23.2. The van der Waals surface area contributed by atoms with Crippen molar-refractivity contribution in [2.75, 3.05) is 25.1 Å². The Balaban J connectivity index is 1.62. The molecule has 0 saturated heterocycles. The van der Waals surface area contributed by atoms with Crippen molar-refractivity contribution in [2.24, 2.45) is 0 Å². The first-order chi connectivity index (χ1) is 18.4. The molecule has 0 unspecified atom stereocenters. The first kappa shape index (κ1) is 27.1. The Labute approximate surface area is 230 Å². The van der Waals surface area contributed by atoms with E-state index in [4.69, 9.17) is 26.4 Å². The van der Waals surface area contributed by atoms with Crippen LogP contribution >= 0.6 is 23.6 Å². The van der Waals surface area contributed by atoms with Gasteiger partial charge in [-0.05, 0) is 64.2 Å². The Kier molecular flexibility index (Phi) is 8.93. The van der Waals surface area contributed by atoms with Crippen LogP contribution in [-0.4, -0.2) is 45.6 Å². The molecule has 0 bridgehead atoms. The van der Waals surface area contributed by atoms with Gasteiger partial charge in [-0.1, -0.05) is 18.2 Å². The van der Waals surface area contributed by atoms with Gasteiger partial charge in [-0.2, -0.15) is 5.10 Å². The number of aryl methyl sites for hydroxylation is 1. The smallest absolute Gasteiger partial charge is 0.257 e. The Bertz CT molecular complexity index is 1390. The van der Waals surface area contributed by atoms with Gasteiger partial charge in [0.1, 0.15) is 10.8 Å². The molecule has 11 heteroatoms. The molecule has 0 spiro atoms. The van der Waals surface area contributed by atoms with Crippen molar-refractivity contribution in [3.63, 3.8) is 0 Å². The second kappa shape index (κ2) is 12.5. The van der Waals surface area contributed by atoms with E-state index in [0.717, 1.165) is 22.0 Å². The number of hydrogen-bond donors (Lipinski definition) is 2. The van der Waals surface area contributed by atoms with E-state index in [1.807, 2.05) is 63.4 Å². The Morgan fingerprint density at radius 2 is 1.68 bits per heavy atom. The summed E-state index contributed by atoms with van der Waals surface area (Å²) >= 11 is 7.06. The van der Waals surface area contributed by atoms with Crippen molar-refractivity contribution in [1.82, 2.24) is 20.1 Å². The second-order valence-corrected chi connectivity index (χ2v) is 9.22. The number of para-hydroxylation sites is 1. The minimum atomic E-state index is -0.426. The molecule has 0 radical (unpaired) electrons. The summed E-state index contributed by atoms with van der Waals surface area (Å²) in [7, 11) is 0. The third kappa shape index (κ3) is 6.12. The SMILES string of the molecule is CCOc1cc(C(=O)NC(=S)Nc2c(-c3nc(C)cs3)cnn2-c2ccccc2)cc(OCC)c1OCC. The maximum absolute atomic E-state index is 13.3. The van der Waals surface area contributed by atoms with E-state index in [-0.39, 0.29) is 5.11 Å². The molecule has 2 N–H and O–H groups in total. The molecule has 0 atom stereocenters. The van der Waals surface area contributed by atoms with Crippen LogP contribution in [0.3, 0.4) is 0 Å². The highest BCUT2D eigenvalue weighted by Gasteiger charge is 2.21. The van der Waals surface area contributed by atoms with Crippen LogP contribution in [0.2, 0.25) is 0 Å². The first-order valence-corrected chi connectivity index (χ1v) is 13.5. The lowest BCUT2D eigenvalue weighted by molar-refractivity contribution is 0.0976. The number of aromatic nitrogens is 3. The fourth-order valence-electron chi connectivity index (χ4n) is 3.70. The van der Waals surface area contributed by atoms with Gasteiger partial charge in [-0.15, -0.1) is 11.3 Å². The maximum atomic E-state index is 13.3. The predicted molar refractivity (Wildman–Crippen MR) is 153 cm³/mol. The number of thiocarbonyl (C=S) groups is 1. The number of hydrogen-bond acceptors (Lipinski definition) is 8. The number of rotatable bonds is 10. The molecule has 0 aliphatic carbocycles. The van der Waals surface area contributed by atoms with E-state index in [0.29, 0.717) is 48.5 Å². The topological polar surface area (TPSA) is 99.5 Å². The molecule has 2 aromatic carbocycles. The average molecular weight is 552 g/mol. The fraction of sp³-hybridized carbons (Fsp3) is 0.259. The van der Waals surface area contributed by atoms with Gasteiger partial charge in [0.15, 0.2) is 16.6 Å². The molecule has 0 saturated carbocycles. The van der Waals surface area contributed by atoms with E-state index >= 15 is 0 Å². The standard InChI is InChI=1S/C27H29N5O4S2/c1-5-34-21-13-18(14-22(35-6-2)23(21)36-7-3)25(33)31-27(37)30-24-20(26-29-17(4)16-38-26)15-28-32(24)19-11-9-8-10-12-19/h8-16H,5-7H2,1-4H3,(H2,30,31,33,37). The predicted octanol–water partition coefficient (Wildman–Crippen LogP) is 5.63. The van der Waals surface area contributed by atoms with Gasteiger partial charge in [-0.25, -0.2) is 9.67 Å². The number of ether oxygens (including phenoxy) is 3. The zero-order chi connectivity index (χ0) is 27.1. The average Bonchev–Trinajstić information content (AvgIpc) is 3.52. The molecule has 0 fully saturated rings. The maximum Gasteiger partial charge on any atom is 0.257 e. The van der Waals surface area contributed by atoms with E-state index in [2.05, 4.69) is 20.7 Å². The third-order valence-electron chi connectivity index (χ3n) is 5.25. The summed E-state index contributed by atoms with van der Waals surface area (Å²) in [5, 5.41) is 13.3. The van der Waals surface area contributed by atoms with Crippen molar-refractivity contribution in [3.05, 3.63) is 65.3 Å². The zero-order valence-electron chi connectivity index (χ0n) is 21.6. The molecule has 2 aromatic heterocycles. The molecule has 4 aromatic rings. The molecule has 0 aliphatic rings. The van der Waals surface area contributed by atoms with Crippen LogP contribution in [0.5, 0.6) is 17.2 Å². The number of benzene rings is 2. The number of nitrogens with one attached hydrogen (secondary N) is 2. The summed E-state index contributed by atoms with van der Waals surface area (Å²) in [4.78, 5) is 17.9. The van der Waals surface area contributed by atoms with Gasteiger partial charge in [0, 0.05) is 16.6 Å². The number of carbonyl (C=O) groups is 1. The molecule has 2 heterocycles. The van der Waals surface area contributed by atoms with Gasteiger partial charge >= 0.3 is 0 Å². The molecule has 1 amide bonds. The van der Waals surface area contributed by atoms with Crippen LogP contribution in [0.4, 0.5) is 5.82 Å². The van der Waals surface area contributed by atoms with Crippen LogP contribution in [0.25, 0.3) is 16.3 Å². The van der Waals surface area contributed by atoms with Crippen LogP contribution in [0.1, 0.15) is 36.8 Å². The highest BCUT2D eigenvalue weighted by molar-refractivity contribution is 7.80. The number of amides is 1. The number of nitrogens with zero attached hydrogens (tertiary/aromatic N) is 3.